The molecule has 23 heavy (non-hydrogen) atoms. The van der Waals surface area contributed by atoms with Crippen LogP contribution in [0.4, 0.5) is 0 Å². The molecule has 4 rings (SSSR count). The number of benzene rings is 1. The van der Waals surface area contributed by atoms with E-state index in [4.69, 9.17) is 12.6 Å². The lowest BCUT2D eigenvalue weighted by molar-refractivity contribution is -0.118. The van der Waals surface area contributed by atoms with Gasteiger partial charge >= 0.3 is 0 Å². The predicted molar refractivity (Wildman–Crippen MR) is 93.1 cm³/mol. The Bertz CT molecular complexity index is 734. The summed E-state index contributed by atoms with van der Waals surface area (Å²) in [6, 6.07) is 4.10. The average Bonchev–Trinajstić information content (AvgIpc) is 3.06. The van der Waals surface area contributed by atoms with Gasteiger partial charge in [-0.2, -0.15) is 0 Å². The van der Waals surface area contributed by atoms with E-state index in [2.05, 4.69) is 15.9 Å². The highest BCUT2D eigenvalue weighted by Gasteiger charge is 2.64. The summed E-state index contributed by atoms with van der Waals surface area (Å²) in [5.74, 6) is -0.662. The summed E-state index contributed by atoms with van der Waals surface area (Å²) < 4.78 is 5.88. The molecule has 0 amide bonds. The number of halogens is 1. The van der Waals surface area contributed by atoms with Crippen molar-refractivity contribution in [2.75, 3.05) is 0 Å². The number of hydrogen-bond donors (Lipinski definition) is 1. The maximum absolute atomic E-state index is 13.1. The van der Waals surface area contributed by atoms with Crippen LogP contribution in [0.2, 0.25) is 5.82 Å². The van der Waals surface area contributed by atoms with Crippen molar-refractivity contribution < 1.29 is 14.6 Å². The van der Waals surface area contributed by atoms with Crippen LogP contribution in [-0.4, -0.2) is 35.8 Å². The van der Waals surface area contributed by atoms with E-state index >= 15 is 0 Å². The summed E-state index contributed by atoms with van der Waals surface area (Å²) in [5, 5.41) is 10.8. The van der Waals surface area contributed by atoms with Gasteiger partial charge in [-0.15, -0.1) is 0 Å². The van der Waals surface area contributed by atoms with Crippen LogP contribution in [-0.2, 0) is 9.53 Å². The van der Waals surface area contributed by atoms with Crippen molar-refractivity contribution in [1.82, 2.24) is 0 Å². The zero-order valence-corrected chi connectivity index (χ0v) is 14.9. The predicted octanol–water partition coefficient (Wildman–Crippen LogP) is 3.20. The molecule has 2 aliphatic heterocycles. The van der Waals surface area contributed by atoms with E-state index < -0.39 is 0 Å². The van der Waals surface area contributed by atoms with E-state index in [0.717, 1.165) is 22.3 Å². The number of allylic oxidation sites excluding steroid dienone is 1. The molecule has 0 spiro atoms. The number of carbonyl (C=O) groups is 1. The van der Waals surface area contributed by atoms with E-state index in [1.54, 1.807) is 0 Å². The lowest BCUT2D eigenvalue weighted by atomic mass is 9.67. The van der Waals surface area contributed by atoms with Crippen molar-refractivity contribution in [3.8, 4) is 0 Å². The Kier molecular flexibility index (Phi) is 3.34. The standard InChI is InChI=1S/C18H18BBrO3/c1-6-4-7(2)9(8(3)5-6)10-15(21)11-12(16(10)22)18-14(20)13(19)17(11)23-18/h4-5,11-14,17-18,21H,1-3H3/t11-,12+,13+,14+,17+,18-/m0/s1. The van der Waals surface area contributed by atoms with Gasteiger partial charge in [-0.1, -0.05) is 33.6 Å². The molecule has 5 heteroatoms. The van der Waals surface area contributed by atoms with Gasteiger partial charge in [-0.05, 0) is 43.3 Å². The van der Waals surface area contributed by atoms with Crippen LogP contribution in [0.3, 0.4) is 0 Å². The quantitative estimate of drug-likeness (QED) is 0.608. The molecule has 2 saturated heterocycles. The zero-order chi connectivity index (χ0) is 16.6. The molecule has 3 nitrogen and oxygen atoms in total. The first-order valence-corrected chi connectivity index (χ1v) is 8.85. The van der Waals surface area contributed by atoms with Gasteiger partial charge in [0.1, 0.15) is 5.76 Å². The fraction of sp³-hybridized carbons (Fsp3) is 0.500. The molecule has 0 unspecified atom stereocenters. The molecule has 1 aromatic rings. The Balaban J connectivity index is 1.86. The van der Waals surface area contributed by atoms with Gasteiger partial charge < -0.3 is 9.84 Å². The Morgan fingerprint density at radius 2 is 1.74 bits per heavy atom. The van der Waals surface area contributed by atoms with Gasteiger partial charge in [-0.25, -0.2) is 0 Å². The number of alkyl halides is 1. The lowest BCUT2D eigenvalue weighted by Gasteiger charge is -2.29. The van der Waals surface area contributed by atoms with Crippen LogP contribution >= 0.6 is 15.9 Å². The van der Waals surface area contributed by atoms with Crippen molar-refractivity contribution in [2.45, 2.75) is 43.6 Å². The number of carbonyl (C=O) groups excluding carboxylic acids is 1. The number of ketones is 1. The third kappa shape index (κ3) is 1.90. The highest BCUT2D eigenvalue weighted by molar-refractivity contribution is 9.09. The molecule has 1 aliphatic carbocycles. The minimum atomic E-state index is -0.320. The maximum atomic E-state index is 13.1. The zero-order valence-electron chi connectivity index (χ0n) is 13.3. The minimum Gasteiger partial charge on any atom is -0.511 e. The number of hydrogen-bond acceptors (Lipinski definition) is 3. The van der Waals surface area contributed by atoms with Crippen LogP contribution in [0.1, 0.15) is 22.3 Å². The summed E-state index contributed by atoms with van der Waals surface area (Å²) >= 11 is 3.56. The van der Waals surface area contributed by atoms with Gasteiger partial charge in [-0.3, -0.25) is 4.79 Å². The van der Waals surface area contributed by atoms with E-state index in [1.807, 2.05) is 32.9 Å². The van der Waals surface area contributed by atoms with Gasteiger partial charge in [0, 0.05) is 4.83 Å². The highest BCUT2D eigenvalue weighted by atomic mass is 79.9. The summed E-state index contributed by atoms with van der Waals surface area (Å²) in [7, 11) is 6.17. The summed E-state index contributed by atoms with van der Waals surface area (Å²) in [6.07, 6.45) is -0.542. The molecule has 3 aliphatic rings. The molecule has 0 aromatic heterocycles. The van der Waals surface area contributed by atoms with E-state index in [0.29, 0.717) is 5.57 Å². The van der Waals surface area contributed by atoms with Gasteiger partial charge in [0.2, 0.25) is 0 Å². The van der Waals surface area contributed by atoms with Crippen LogP contribution < -0.4 is 0 Å². The number of aliphatic hydroxyl groups excluding tert-OH is 1. The average molecular weight is 373 g/mol. The Morgan fingerprint density at radius 3 is 2.35 bits per heavy atom. The molecule has 2 bridgehead atoms. The smallest absolute Gasteiger partial charge is 0.173 e. The molecule has 2 radical (unpaired) electrons. The summed E-state index contributed by atoms with van der Waals surface area (Å²) in [4.78, 5) is 13.0. The Labute approximate surface area is 145 Å². The second kappa shape index (κ2) is 4.96. The lowest BCUT2D eigenvalue weighted by Crippen LogP contribution is -2.39. The molecule has 118 valence electrons. The molecule has 0 saturated carbocycles. The first-order valence-electron chi connectivity index (χ1n) is 7.93. The molecular formula is C18H18BBrO3. The molecule has 2 fully saturated rings. The molecular weight excluding hydrogens is 355 g/mol. The number of fused-ring (bicyclic) bond motifs is 5. The molecule has 1 N–H and O–H groups in total. The first-order chi connectivity index (χ1) is 10.8. The van der Waals surface area contributed by atoms with Gasteiger partial charge in [0.05, 0.1) is 37.5 Å². The molecule has 2 heterocycles. The number of aryl methyl sites for hydroxylation is 3. The van der Waals surface area contributed by atoms with Gasteiger partial charge in [0.15, 0.2) is 5.78 Å². The highest BCUT2D eigenvalue weighted by Crippen LogP contribution is 2.58. The van der Waals surface area contributed by atoms with Crippen LogP contribution in [0, 0.1) is 32.6 Å². The molecule has 6 atom stereocenters. The Hall–Kier alpha value is -1.07. The summed E-state index contributed by atoms with van der Waals surface area (Å²) in [5.41, 5.74) is 4.53. The summed E-state index contributed by atoms with van der Waals surface area (Å²) in [6.45, 7) is 6.01. The topological polar surface area (TPSA) is 46.5 Å². The normalized spacial score (nSPS) is 38.5. The van der Waals surface area contributed by atoms with Gasteiger partial charge in [0.25, 0.3) is 0 Å². The Morgan fingerprint density at radius 1 is 1.13 bits per heavy atom. The monoisotopic (exact) mass is 372 g/mol. The molecule has 1 aromatic carbocycles. The first kappa shape index (κ1) is 15.5. The number of aliphatic hydroxyl groups is 1. The number of Topliss-reactive ketones (excluding diaryl/α,β-unsaturated/α-hetero) is 1. The van der Waals surface area contributed by atoms with Crippen molar-refractivity contribution in [3.05, 3.63) is 40.1 Å². The van der Waals surface area contributed by atoms with Crippen molar-refractivity contribution >= 4 is 35.1 Å². The van der Waals surface area contributed by atoms with Crippen LogP contribution in [0.25, 0.3) is 5.57 Å². The third-order valence-electron chi connectivity index (χ3n) is 5.52. The van der Waals surface area contributed by atoms with Crippen LogP contribution in [0.15, 0.2) is 17.9 Å². The van der Waals surface area contributed by atoms with Crippen molar-refractivity contribution in [3.63, 3.8) is 0 Å². The number of rotatable bonds is 1. The fourth-order valence-corrected chi connectivity index (χ4v) is 5.44. The second-order valence-electron chi connectivity index (χ2n) is 7.04. The van der Waals surface area contributed by atoms with E-state index in [9.17, 15) is 9.90 Å². The fourth-order valence-electron chi connectivity index (χ4n) is 4.69. The van der Waals surface area contributed by atoms with Crippen molar-refractivity contribution in [2.24, 2.45) is 11.8 Å². The van der Waals surface area contributed by atoms with E-state index in [1.165, 1.54) is 0 Å². The number of ether oxygens (including phenoxy) is 1. The second-order valence-corrected chi connectivity index (χ2v) is 8.09. The maximum Gasteiger partial charge on any atom is 0.173 e. The third-order valence-corrected chi connectivity index (χ3v) is 6.65. The van der Waals surface area contributed by atoms with Crippen molar-refractivity contribution in [1.29, 1.82) is 0 Å². The minimum absolute atomic E-state index is 0.00796. The van der Waals surface area contributed by atoms with E-state index in [-0.39, 0.29) is 46.2 Å². The largest absolute Gasteiger partial charge is 0.511 e. The SMILES string of the molecule is [B][C@@H]1[C@@H](Br)[C@H]2O[C@@H]1[C@@H]1C(O)=C(c3c(C)cc(C)cc3C)C(=O)[C@H]21. The van der Waals surface area contributed by atoms with Crippen LogP contribution in [0.5, 0.6) is 0 Å².